The molecule has 0 radical (unpaired) electrons. The molecule has 0 spiro atoms. The predicted molar refractivity (Wildman–Crippen MR) is 138 cm³/mol. The maximum Gasteiger partial charge on any atom is 0.269 e. The van der Waals surface area contributed by atoms with E-state index in [1.807, 2.05) is 0 Å². The zero-order valence-electron chi connectivity index (χ0n) is 20.4. The van der Waals surface area contributed by atoms with Gasteiger partial charge in [0.1, 0.15) is 18.8 Å². The summed E-state index contributed by atoms with van der Waals surface area (Å²) in [7, 11) is 0. The lowest BCUT2D eigenvalue weighted by Crippen LogP contribution is -2.44. The number of nitrogens with zero attached hydrogens (tertiary/aromatic N) is 3. The summed E-state index contributed by atoms with van der Waals surface area (Å²) in [6, 6.07) is 10.1. The molecule has 1 saturated heterocycles. The summed E-state index contributed by atoms with van der Waals surface area (Å²) in [5.74, 6) is -2.59. The van der Waals surface area contributed by atoms with Crippen molar-refractivity contribution in [3.05, 3.63) is 70.3 Å². The number of benzene rings is 2. The third-order valence-electron chi connectivity index (χ3n) is 7.07. The number of fused-ring (bicyclic) bond motifs is 1. The highest BCUT2D eigenvalue weighted by Crippen LogP contribution is 2.33. The normalized spacial score (nSPS) is 18.8. The van der Waals surface area contributed by atoms with E-state index in [-0.39, 0.29) is 36.5 Å². The number of nitrogens with one attached hydrogen (secondary N) is 1. The number of amides is 3. The van der Waals surface area contributed by atoms with E-state index in [2.05, 4.69) is 10.4 Å². The molecule has 2 atom stereocenters. The van der Waals surface area contributed by atoms with Crippen molar-refractivity contribution in [2.75, 3.05) is 11.9 Å². The van der Waals surface area contributed by atoms with Crippen LogP contribution in [0.25, 0.3) is 11.1 Å². The van der Waals surface area contributed by atoms with Gasteiger partial charge < -0.3 is 16.0 Å². The number of rotatable bonds is 6. The van der Waals surface area contributed by atoms with Crippen LogP contribution in [-0.4, -0.2) is 51.2 Å². The Balaban J connectivity index is 1.36. The molecule has 8 nitrogen and oxygen atoms in total. The molecule has 2 aliphatic rings. The van der Waals surface area contributed by atoms with Gasteiger partial charge in [0.05, 0.1) is 12.2 Å². The maximum absolute atomic E-state index is 15.4. The van der Waals surface area contributed by atoms with E-state index in [1.165, 1.54) is 10.7 Å². The van der Waals surface area contributed by atoms with Gasteiger partial charge >= 0.3 is 0 Å². The van der Waals surface area contributed by atoms with Crippen LogP contribution >= 0.6 is 11.6 Å². The number of anilines is 1. The summed E-state index contributed by atoms with van der Waals surface area (Å²) >= 11 is 6.22. The lowest BCUT2D eigenvalue weighted by molar-refractivity contribution is -0.137. The van der Waals surface area contributed by atoms with E-state index >= 15 is 4.39 Å². The molecule has 198 valence electrons. The number of primary amides is 1. The molecule has 2 aromatic carbocycles. The Bertz CT molecular complexity index is 1430. The van der Waals surface area contributed by atoms with Gasteiger partial charge in [0, 0.05) is 33.8 Å². The van der Waals surface area contributed by atoms with Crippen molar-refractivity contribution in [2.45, 2.75) is 50.9 Å². The van der Waals surface area contributed by atoms with E-state index in [9.17, 15) is 18.8 Å². The summed E-state index contributed by atoms with van der Waals surface area (Å²) < 4.78 is 31.3. The number of halogens is 3. The standard InChI is InChI=1S/C27H26ClF2N5O3/c28-19-9-3-1-6-16(19)17-8-5-10-20(24(17)30)32-27(38)22-12-15(29)13-34(22)23(36)14-35-21-11-4-2-7-18(21)25(33-35)26(31)37/h1,3,5-6,8-10,15,22H,2,4,7,11-14H2,(H2,31,37)(H,32,38). The molecule has 1 fully saturated rings. The highest BCUT2D eigenvalue weighted by Gasteiger charge is 2.40. The minimum atomic E-state index is -1.42. The molecule has 3 aromatic rings. The molecule has 5 rings (SSSR count). The van der Waals surface area contributed by atoms with Crippen LogP contribution in [-0.2, 0) is 29.0 Å². The Morgan fingerprint density at radius 1 is 1.08 bits per heavy atom. The average Bonchev–Trinajstić information content (AvgIpc) is 3.47. The molecule has 0 bridgehead atoms. The van der Waals surface area contributed by atoms with Crippen molar-refractivity contribution < 1.29 is 23.2 Å². The van der Waals surface area contributed by atoms with E-state index in [4.69, 9.17) is 17.3 Å². The Hall–Kier alpha value is -3.79. The van der Waals surface area contributed by atoms with Crippen molar-refractivity contribution in [1.29, 1.82) is 0 Å². The molecular weight excluding hydrogens is 516 g/mol. The van der Waals surface area contributed by atoms with Gasteiger partial charge in [-0.05, 0) is 37.8 Å². The Morgan fingerprint density at radius 3 is 2.58 bits per heavy atom. The van der Waals surface area contributed by atoms with Crippen LogP contribution in [0.1, 0.15) is 41.0 Å². The second kappa shape index (κ2) is 10.5. The molecule has 1 aliphatic heterocycles. The highest BCUT2D eigenvalue weighted by molar-refractivity contribution is 6.33. The van der Waals surface area contributed by atoms with Crippen LogP contribution in [0.4, 0.5) is 14.5 Å². The third-order valence-corrected chi connectivity index (χ3v) is 7.40. The van der Waals surface area contributed by atoms with Gasteiger partial charge in [-0.3, -0.25) is 19.1 Å². The molecule has 3 amide bonds. The average molecular weight is 542 g/mol. The summed E-state index contributed by atoms with van der Waals surface area (Å²) in [6.07, 6.45) is 1.42. The van der Waals surface area contributed by atoms with Gasteiger partial charge in [0.15, 0.2) is 11.5 Å². The van der Waals surface area contributed by atoms with Crippen LogP contribution in [0.3, 0.4) is 0 Å². The Labute approximate surface area is 222 Å². The Kier molecular flexibility index (Phi) is 7.16. The van der Waals surface area contributed by atoms with Crippen LogP contribution in [0.2, 0.25) is 5.02 Å². The van der Waals surface area contributed by atoms with Crippen LogP contribution in [0.5, 0.6) is 0 Å². The first-order valence-corrected chi connectivity index (χ1v) is 12.8. The molecule has 2 heterocycles. The van der Waals surface area contributed by atoms with E-state index < -0.39 is 35.8 Å². The number of hydrogen-bond donors (Lipinski definition) is 2. The monoisotopic (exact) mass is 541 g/mol. The number of likely N-dealkylation sites (tertiary alicyclic amines) is 1. The van der Waals surface area contributed by atoms with E-state index in [1.54, 1.807) is 36.4 Å². The van der Waals surface area contributed by atoms with Gasteiger partial charge in [0.2, 0.25) is 11.8 Å². The number of alkyl halides is 1. The number of hydrogen-bond acceptors (Lipinski definition) is 4. The summed E-state index contributed by atoms with van der Waals surface area (Å²) in [5, 5.41) is 7.13. The summed E-state index contributed by atoms with van der Waals surface area (Å²) in [6.45, 7) is -0.534. The zero-order chi connectivity index (χ0) is 27.0. The lowest BCUT2D eigenvalue weighted by Gasteiger charge is -2.24. The van der Waals surface area contributed by atoms with Gasteiger partial charge in [0.25, 0.3) is 5.91 Å². The third kappa shape index (κ3) is 4.88. The fourth-order valence-electron chi connectivity index (χ4n) is 5.26. The van der Waals surface area contributed by atoms with Crippen molar-refractivity contribution >= 4 is 35.0 Å². The molecule has 1 aliphatic carbocycles. The SMILES string of the molecule is NC(=O)c1nn(CC(=O)N2CC(F)CC2C(=O)Nc2cccc(-c3ccccc3Cl)c2F)c2c1CCCC2. The number of carbonyl (C=O) groups is 3. The van der Waals surface area contributed by atoms with Gasteiger partial charge in [-0.25, -0.2) is 8.78 Å². The zero-order valence-corrected chi connectivity index (χ0v) is 21.2. The molecule has 0 saturated carbocycles. The van der Waals surface area contributed by atoms with E-state index in [0.29, 0.717) is 23.4 Å². The van der Waals surface area contributed by atoms with Gasteiger partial charge in [-0.1, -0.05) is 41.9 Å². The van der Waals surface area contributed by atoms with Crippen LogP contribution < -0.4 is 11.1 Å². The first kappa shape index (κ1) is 25.8. The number of nitrogens with two attached hydrogens (primary N) is 1. The van der Waals surface area contributed by atoms with Crippen molar-refractivity contribution in [1.82, 2.24) is 14.7 Å². The first-order valence-electron chi connectivity index (χ1n) is 12.4. The van der Waals surface area contributed by atoms with Crippen molar-refractivity contribution in [3.63, 3.8) is 0 Å². The molecule has 1 aromatic heterocycles. The summed E-state index contributed by atoms with van der Waals surface area (Å²) in [4.78, 5) is 39.4. The molecular formula is C27H26ClF2N5O3. The minimum absolute atomic E-state index is 0.102. The molecule has 11 heteroatoms. The smallest absolute Gasteiger partial charge is 0.269 e. The first-order chi connectivity index (χ1) is 18.2. The summed E-state index contributed by atoms with van der Waals surface area (Å²) in [5.41, 5.74) is 7.67. The number of carbonyl (C=O) groups excluding carboxylic acids is 3. The van der Waals surface area contributed by atoms with Gasteiger partial charge in [-0.15, -0.1) is 0 Å². The Morgan fingerprint density at radius 2 is 1.82 bits per heavy atom. The van der Waals surface area contributed by atoms with Crippen LogP contribution in [0.15, 0.2) is 42.5 Å². The second-order valence-corrected chi connectivity index (χ2v) is 9.94. The van der Waals surface area contributed by atoms with E-state index in [0.717, 1.165) is 29.0 Å². The second-order valence-electron chi connectivity index (χ2n) is 9.53. The number of aromatic nitrogens is 2. The predicted octanol–water partition coefficient (Wildman–Crippen LogP) is 3.90. The fraction of sp³-hybridized carbons (Fsp3) is 0.333. The van der Waals surface area contributed by atoms with Gasteiger partial charge in [-0.2, -0.15) is 5.10 Å². The lowest BCUT2D eigenvalue weighted by atomic mass is 9.95. The maximum atomic E-state index is 15.4. The van der Waals surface area contributed by atoms with Crippen molar-refractivity contribution in [3.8, 4) is 11.1 Å². The van der Waals surface area contributed by atoms with Crippen molar-refractivity contribution in [2.24, 2.45) is 5.73 Å². The molecule has 3 N–H and O–H groups in total. The largest absolute Gasteiger partial charge is 0.364 e. The fourth-order valence-corrected chi connectivity index (χ4v) is 5.50. The van der Waals surface area contributed by atoms with Crippen LogP contribution in [0, 0.1) is 5.82 Å². The quantitative estimate of drug-likeness (QED) is 0.493. The molecule has 2 unspecified atom stereocenters. The topological polar surface area (TPSA) is 110 Å². The molecule has 38 heavy (non-hydrogen) atoms. The highest BCUT2D eigenvalue weighted by atomic mass is 35.5. The minimum Gasteiger partial charge on any atom is -0.364 e.